The molecule has 0 N–H and O–H groups in total. The number of hydrogen-bond acceptors (Lipinski definition) is 4. The molecular formula is S4Se4. The van der Waals surface area contributed by atoms with Crippen molar-refractivity contribution in [1.29, 1.82) is 0 Å². The molecule has 0 aromatic rings. The Balaban J connectivity index is 2.00. The zero-order valence-corrected chi connectivity index (χ0v) is 13.4. The molecule has 1 heterocycles. The fourth-order valence-electron chi connectivity index (χ4n) is 0.0907. The second kappa shape index (κ2) is 7.14. The van der Waals surface area contributed by atoms with Crippen LogP contribution in [-0.2, 0) is 0 Å². The summed E-state index contributed by atoms with van der Waals surface area (Å²) in [5, 5.41) is 0. The van der Waals surface area contributed by atoms with E-state index in [-0.39, 0.29) is 0 Å². The molecule has 0 aromatic heterocycles. The van der Waals surface area contributed by atoms with E-state index < -0.39 is 0 Å². The minimum atomic E-state index is 0.885. The van der Waals surface area contributed by atoms with Gasteiger partial charge in [-0.2, -0.15) is 0 Å². The molecule has 0 nitrogen and oxygen atoms in total. The summed E-state index contributed by atoms with van der Waals surface area (Å²) in [5.74, 6) is 0. The third kappa shape index (κ3) is 5.17. The molecule has 0 bridgehead atoms. The van der Waals surface area contributed by atoms with Crippen molar-refractivity contribution in [3.05, 3.63) is 0 Å². The van der Waals surface area contributed by atoms with Crippen molar-refractivity contribution in [3.8, 4) is 0 Å². The van der Waals surface area contributed by atoms with Crippen molar-refractivity contribution in [1.82, 2.24) is 0 Å². The quantitative estimate of drug-likeness (QED) is 0.513. The third-order valence-corrected chi connectivity index (χ3v) is 54.0. The molecule has 48 valence electrons. The molecule has 1 saturated heterocycles. The van der Waals surface area contributed by atoms with Crippen LogP contribution in [0.4, 0.5) is 0 Å². The van der Waals surface area contributed by atoms with Gasteiger partial charge >= 0.3 is 85.3 Å². The molecule has 0 radical (unpaired) electrons. The van der Waals surface area contributed by atoms with Gasteiger partial charge in [-0.05, 0) is 0 Å². The van der Waals surface area contributed by atoms with Crippen molar-refractivity contribution >= 4 is 85.3 Å². The molecule has 0 saturated carbocycles. The summed E-state index contributed by atoms with van der Waals surface area (Å²) < 4.78 is 0. The SMILES string of the molecule is S1[Se]S[Se]S[Se]S[Se]1. The average Bonchev–Trinajstić information content (AvgIpc) is 1.62. The zero-order valence-electron chi connectivity index (χ0n) is 3.27. The van der Waals surface area contributed by atoms with E-state index in [1.54, 1.807) is 0 Å². The van der Waals surface area contributed by atoms with Crippen LogP contribution in [0.15, 0.2) is 0 Å². The monoisotopic (exact) mass is 448 g/mol. The van der Waals surface area contributed by atoms with Crippen LogP contribution in [0.3, 0.4) is 0 Å². The fourth-order valence-corrected chi connectivity index (χ4v) is 90.3. The Morgan fingerprint density at radius 1 is 0.500 bits per heavy atom. The van der Waals surface area contributed by atoms with Crippen molar-refractivity contribution in [3.63, 3.8) is 0 Å². The first kappa shape index (κ1) is 9.57. The van der Waals surface area contributed by atoms with Gasteiger partial charge in [-0.1, -0.05) is 0 Å². The first-order valence-corrected chi connectivity index (χ1v) is 20.8. The summed E-state index contributed by atoms with van der Waals surface area (Å²) in [5.41, 5.74) is 0. The van der Waals surface area contributed by atoms with Gasteiger partial charge in [-0.15, -0.1) is 0 Å². The van der Waals surface area contributed by atoms with E-state index in [4.69, 9.17) is 0 Å². The van der Waals surface area contributed by atoms with E-state index in [9.17, 15) is 0 Å². The minimum absolute atomic E-state index is 0.885. The molecule has 0 atom stereocenters. The summed E-state index contributed by atoms with van der Waals surface area (Å²) in [4.78, 5) is 0. The number of hydrogen-bond donors (Lipinski definition) is 0. The molecule has 1 aliphatic rings. The van der Waals surface area contributed by atoms with Crippen molar-refractivity contribution in [2.75, 3.05) is 0 Å². The van der Waals surface area contributed by atoms with E-state index in [2.05, 4.69) is 34.4 Å². The topological polar surface area (TPSA) is 0 Å². The first-order chi connectivity index (χ1) is 4.00. The Labute approximate surface area is 83.5 Å². The number of rotatable bonds is 0. The molecule has 0 amide bonds. The van der Waals surface area contributed by atoms with Gasteiger partial charge in [0.2, 0.25) is 0 Å². The third-order valence-electron chi connectivity index (χ3n) is 0.222. The Morgan fingerprint density at radius 3 is 1.00 bits per heavy atom. The van der Waals surface area contributed by atoms with Crippen LogP contribution >= 0.6 is 34.4 Å². The molecule has 0 unspecified atom stereocenters. The molecule has 8 heteroatoms. The standard InChI is InChI=1S/S4Se4/c1-5-2-7-4-8-3-6-1. The molecule has 1 fully saturated rings. The van der Waals surface area contributed by atoms with Crippen LogP contribution in [0.2, 0.25) is 0 Å². The van der Waals surface area contributed by atoms with Gasteiger partial charge < -0.3 is 0 Å². The van der Waals surface area contributed by atoms with Crippen LogP contribution < -0.4 is 0 Å². The van der Waals surface area contributed by atoms with E-state index in [1.165, 1.54) is 0 Å². The normalized spacial score (nSPS) is 24.0. The molecule has 0 aliphatic carbocycles. The molecule has 0 aromatic carbocycles. The fraction of sp³-hybridized carbons (Fsp3) is 0. The second-order valence-corrected chi connectivity index (χ2v) is 34.8. The van der Waals surface area contributed by atoms with Gasteiger partial charge in [0, 0.05) is 0 Å². The molecule has 0 spiro atoms. The predicted molar refractivity (Wildman–Crippen MR) is 53.4 cm³/mol. The first-order valence-electron chi connectivity index (χ1n) is 1.33. The van der Waals surface area contributed by atoms with E-state index >= 15 is 0 Å². The van der Waals surface area contributed by atoms with E-state index in [0.717, 1.165) is 50.9 Å². The van der Waals surface area contributed by atoms with Crippen molar-refractivity contribution in [2.24, 2.45) is 0 Å². The van der Waals surface area contributed by atoms with Crippen molar-refractivity contribution < 1.29 is 0 Å². The van der Waals surface area contributed by atoms with Gasteiger partial charge in [0.15, 0.2) is 0 Å². The van der Waals surface area contributed by atoms with Crippen molar-refractivity contribution in [2.45, 2.75) is 0 Å². The predicted octanol–water partition coefficient (Wildman–Crippen LogP) is 1.07. The van der Waals surface area contributed by atoms with Gasteiger partial charge in [0.05, 0.1) is 0 Å². The summed E-state index contributed by atoms with van der Waals surface area (Å²) in [6.07, 6.45) is 0. The Bertz CT molecular complexity index is 32.0. The van der Waals surface area contributed by atoms with Gasteiger partial charge in [-0.3, -0.25) is 0 Å². The van der Waals surface area contributed by atoms with E-state index in [1.807, 2.05) is 0 Å². The van der Waals surface area contributed by atoms with Gasteiger partial charge in [0.1, 0.15) is 0 Å². The van der Waals surface area contributed by atoms with E-state index in [0.29, 0.717) is 0 Å². The second-order valence-electron chi connectivity index (χ2n) is 0.544. The summed E-state index contributed by atoms with van der Waals surface area (Å²) in [6, 6.07) is 0. The molecule has 8 heavy (non-hydrogen) atoms. The molecule has 1 aliphatic heterocycles. The van der Waals surface area contributed by atoms with Crippen LogP contribution in [-0.4, -0.2) is 50.9 Å². The Morgan fingerprint density at radius 2 is 0.750 bits per heavy atom. The zero-order chi connectivity index (χ0) is 5.66. The Kier molecular flexibility index (Phi) is 8.54. The van der Waals surface area contributed by atoms with Crippen LogP contribution in [0.5, 0.6) is 0 Å². The van der Waals surface area contributed by atoms with Gasteiger partial charge in [-0.25, -0.2) is 0 Å². The van der Waals surface area contributed by atoms with Gasteiger partial charge in [0.25, 0.3) is 0 Å². The summed E-state index contributed by atoms with van der Waals surface area (Å²) >= 11 is 3.54. The Hall–Kier alpha value is 3.48. The molecule has 1 rings (SSSR count). The average molecular weight is 444 g/mol. The maximum atomic E-state index is 2.20. The van der Waals surface area contributed by atoms with Crippen LogP contribution in [0.25, 0.3) is 0 Å². The maximum absolute atomic E-state index is 2.20. The summed E-state index contributed by atoms with van der Waals surface area (Å²) in [6.45, 7) is 0. The van der Waals surface area contributed by atoms with Crippen LogP contribution in [0, 0.1) is 0 Å². The van der Waals surface area contributed by atoms with Crippen LogP contribution in [0.1, 0.15) is 0 Å². The molecular weight excluding hydrogens is 444 g/mol. The summed E-state index contributed by atoms with van der Waals surface area (Å²) in [7, 11) is 8.79.